The van der Waals surface area contributed by atoms with Crippen LogP contribution in [0.3, 0.4) is 0 Å². The first-order valence-corrected chi connectivity index (χ1v) is 7.97. The molecule has 0 saturated carbocycles. The van der Waals surface area contributed by atoms with Crippen LogP contribution >= 0.6 is 11.3 Å². The highest BCUT2D eigenvalue weighted by Crippen LogP contribution is 2.21. The number of amides is 2. The lowest BCUT2D eigenvalue weighted by Crippen LogP contribution is -2.48. The predicted octanol–water partition coefficient (Wildman–Crippen LogP) is 0.803. The number of ether oxygens (including phenoxy) is 1. The van der Waals surface area contributed by atoms with Gasteiger partial charge < -0.3 is 19.1 Å². The van der Waals surface area contributed by atoms with E-state index in [1.165, 1.54) is 22.6 Å². The molecule has 1 unspecified atom stereocenters. The number of nitrogens with zero attached hydrogens (tertiary/aromatic N) is 4. The summed E-state index contributed by atoms with van der Waals surface area (Å²) in [4.78, 5) is 32.5. The highest BCUT2D eigenvalue weighted by atomic mass is 32.1. The number of likely N-dealkylation sites (N-methyl/N-ethyl adjacent to an activating group) is 1. The zero-order chi connectivity index (χ0) is 16.2. The molecular weight excluding hydrogens is 320 g/mol. The number of carbonyl (C=O) groups is 2. The maximum Gasteiger partial charge on any atom is 0.264 e. The Kier molecular flexibility index (Phi) is 4.68. The van der Waals surface area contributed by atoms with E-state index in [1.54, 1.807) is 18.0 Å². The van der Waals surface area contributed by atoms with E-state index in [2.05, 4.69) is 10.1 Å². The molecule has 9 heteroatoms. The summed E-state index contributed by atoms with van der Waals surface area (Å²) in [5.41, 5.74) is 0. The van der Waals surface area contributed by atoms with Crippen LogP contribution in [0.15, 0.2) is 28.4 Å². The van der Waals surface area contributed by atoms with Gasteiger partial charge in [-0.05, 0) is 11.4 Å². The Morgan fingerprint density at radius 2 is 2.39 bits per heavy atom. The van der Waals surface area contributed by atoms with E-state index in [9.17, 15) is 9.59 Å². The third-order valence-electron chi connectivity index (χ3n) is 3.58. The maximum absolute atomic E-state index is 12.6. The summed E-state index contributed by atoms with van der Waals surface area (Å²) in [5, 5.41) is 5.62. The molecular formula is C14H16N4O4S. The van der Waals surface area contributed by atoms with Crippen LogP contribution in [0.2, 0.25) is 0 Å². The molecule has 23 heavy (non-hydrogen) atoms. The Morgan fingerprint density at radius 3 is 3.09 bits per heavy atom. The van der Waals surface area contributed by atoms with E-state index in [1.807, 2.05) is 11.4 Å². The molecule has 0 spiro atoms. The van der Waals surface area contributed by atoms with Crippen molar-refractivity contribution in [2.75, 3.05) is 33.4 Å². The van der Waals surface area contributed by atoms with Crippen LogP contribution in [0.5, 0.6) is 0 Å². The van der Waals surface area contributed by atoms with E-state index >= 15 is 0 Å². The molecule has 1 atom stereocenters. The van der Waals surface area contributed by atoms with Gasteiger partial charge in [0.2, 0.25) is 12.3 Å². The third-order valence-corrected chi connectivity index (χ3v) is 4.43. The number of morpholine rings is 1. The Bertz CT molecular complexity index is 658. The summed E-state index contributed by atoms with van der Waals surface area (Å²) in [7, 11) is 1.61. The van der Waals surface area contributed by atoms with Gasteiger partial charge in [0.25, 0.3) is 5.91 Å². The fourth-order valence-corrected chi connectivity index (χ4v) is 3.11. The van der Waals surface area contributed by atoms with Crippen LogP contribution in [0.25, 0.3) is 0 Å². The molecule has 0 aliphatic carbocycles. The minimum Gasteiger partial charge on any atom is -0.377 e. The van der Waals surface area contributed by atoms with Gasteiger partial charge in [-0.3, -0.25) is 9.59 Å². The molecule has 0 radical (unpaired) electrons. The van der Waals surface area contributed by atoms with Gasteiger partial charge in [0.15, 0.2) is 5.82 Å². The summed E-state index contributed by atoms with van der Waals surface area (Å²) in [6.45, 7) is 1.18. The summed E-state index contributed by atoms with van der Waals surface area (Å²) >= 11 is 1.35. The first-order valence-electron chi connectivity index (χ1n) is 7.09. The molecule has 1 fully saturated rings. The molecule has 0 bridgehead atoms. The second-order valence-corrected chi connectivity index (χ2v) is 6.05. The molecule has 3 rings (SSSR count). The smallest absolute Gasteiger partial charge is 0.264 e. The van der Waals surface area contributed by atoms with Gasteiger partial charge in [-0.1, -0.05) is 11.2 Å². The van der Waals surface area contributed by atoms with E-state index in [0.717, 1.165) is 0 Å². The van der Waals surface area contributed by atoms with Crippen molar-refractivity contribution in [3.8, 4) is 0 Å². The van der Waals surface area contributed by atoms with Gasteiger partial charge in [0, 0.05) is 13.6 Å². The minimum absolute atomic E-state index is 0.00884. The molecule has 0 N–H and O–H groups in total. The highest BCUT2D eigenvalue weighted by molar-refractivity contribution is 7.12. The number of hydrogen-bond acceptors (Lipinski definition) is 7. The average molecular weight is 336 g/mol. The first-order chi connectivity index (χ1) is 11.2. The second kappa shape index (κ2) is 6.88. The SMILES string of the molecule is CN(CC(=O)N1CCOCC1c1ncon1)C(=O)c1cccs1. The summed E-state index contributed by atoms with van der Waals surface area (Å²) < 4.78 is 10.1. The Morgan fingerprint density at radius 1 is 1.52 bits per heavy atom. The van der Waals surface area contributed by atoms with Gasteiger partial charge in [0.1, 0.15) is 6.04 Å². The lowest BCUT2D eigenvalue weighted by molar-refractivity contribution is -0.141. The normalized spacial score (nSPS) is 18.0. The van der Waals surface area contributed by atoms with Crippen LogP contribution in [0.4, 0.5) is 0 Å². The van der Waals surface area contributed by atoms with Gasteiger partial charge in [-0.15, -0.1) is 11.3 Å². The fraction of sp³-hybridized carbons (Fsp3) is 0.429. The Labute approximate surface area is 136 Å². The molecule has 3 heterocycles. The number of hydrogen-bond donors (Lipinski definition) is 0. The van der Waals surface area contributed by atoms with Crippen molar-refractivity contribution in [1.29, 1.82) is 0 Å². The monoisotopic (exact) mass is 336 g/mol. The average Bonchev–Trinajstić information content (AvgIpc) is 3.27. The molecule has 0 aromatic carbocycles. The molecule has 8 nitrogen and oxygen atoms in total. The van der Waals surface area contributed by atoms with Gasteiger partial charge in [-0.25, -0.2) is 0 Å². The van der Waals surface area contributed by atoms with Gasteiger partial charge >= 0.3 is 0 Å². The van der Waals surface area contributed by atoms with Gasteiger partial charge in [-0.2, -0.15) is 4.98 Å². The number of aromatic nitrogens is 2. The number of rotatable bonds is 4. The van der Waals surface area contributed by atoms with Crippen LogP contribution in [0, 0.1) is 0 Å². The van der Waals surface area contributed by atoms with Crippen molar-refractivity contribution in [1.82, 2.24) is 19.9 Å². The molecule has 1 aliphatic heterocycles. The quantitative estimate of drug-likeness (QED) is 0.821. The van der Waals surface area contributed by atoms with Crippen molar-refractivity contribution in [3.05, 3.63) is 34.6 Å². The van der Waals surface area contributed by atoms with E-state index < -0.39 is 0 Å². The summed E-state index contributed by atoms with van der Waals surface area (Å²) in [6, 6.07) is 3.16. The predicted molar refractivity (Wildman–Crippen MR) is 80.9 cm³/mol. The Hall–Kier alpha value is -2.26. The third kappa shape index (κ3) is 3.40. The van der Waals surface area contributed by atoms with Gasteiger partial charge in [0.05, 0.1) is 24.6 Å². The van der Waals surface area contributed by atoms with E-state index in [4.69, 9.17) is 9.26 Å². The van der Waals surface area contributed by atoms with Crippen LogP contribution in [-0.2, 0) is 9.53 Å². The van der Waals surface area contributed by atoms with Crippen molar-refractivity contribution >= 4 is 23.2 Å². The highest BCUT2D eigenvalue weighted by Gasteiger charge is 2.32. The van der Waals surface area contributed by atoms with E-state index in [0.29, 0.717) is 30.5 Å². The van der Waals surface area contributed by atoms with Crippen molar-refractivity contribution in [3.63, 3.8) is 0 Å². The minimum atomic E-state index is -0.389. The largest absolute Gasteiger partial charge is 0.377 e. The van der Waals surface area contributed by atoms with Crippen LogP contribution < -0.4 is 0 Å². The van der Waals surface area contributed by atoms with Crippen LogP contribution in [-0.4, -0.2) is 65.1 Å². The fourth-order valence-electron chi connectivity index (χ4n) is 2.40. The van der Waals surface area contributed by atoms with Crippen molar-refractivity contribution < 1.29 is 18.8 Å². The topological polar surface area (TPSA) is 88.8 Å². The lowest BCUT2D eigenvalue weighted by atomic mass is 10.2. The number of thiophene rings is 1. The van der Waals surface area contributed by atoms with Crippen molar-refractivity contribution in [2.45, 2.75) is 6.04 Å². The number of carbonyl (C=O) groups excluding carboxylic acids is 2. The zero-order valence-corrected chi connectivity index (χ0v) is 13.4. The summed E-state index contributed by atoms with van der Waals surface area (Å²) in [5.74, 6) is 0.0681. The molecule has 1 saturated heterocycles. The summed E-state index contributed by atoms with van der Waals surface area (Å²) in [6.07, 6.45) is 1.22. The van der Waals surface area contributed by atoms with E-state index in [-0.39, 0.29) is 24.4 Å². The molecule has 1 aliphatic rings. The molecule has 122 valence electrons. The maximum atomic E-state index is 12.6. The van der Waals surface area contributed by atoms with Crippen molar-refractivity contribution in [2.24, 2.45) is 0 Å². The van der Waals surface area contributed by atoms with Crippen LogP contribution in [0.1, 0.15) is 21.5 Å². The second-order valence-electron chi connectivity index (χ2n) is 5.11. The Balaban J connectivity index is 1.67. The molecule has 2 aromatic heterocycles. The molecule has 2 aromatic rings. The first kappa shape index (κ1) is 15.6. The molecule has 2 amide bonds. The zero-order valence-electron chi connectivity index (χ0n) is 12.5. The standard InChI is InChI=1S/C14H16N4O4S/c1-17(14(20)11-3-2-6-23-11)7-12(19)18-4-5-21-8-10(18)13-15-9-22-16-13/h2-3,6,9-10H,4-5,7-8H2,1H3. The lowest BCUT2D eigenvalue weighted by Gasteiger charge is -2.34.